The summed E-state index contributed by atoms with van der Waals surface area (Å²) in [4.78, 5) is 2.21. The first-order valence-electron chi connectivity index (χ1n) is 5.58. The van der Waals surface area contributed by atoms with Gasteiger partial charge in [0.15, 0.2) is 0 Å². The third-order valence-corrected chi connectivity index (χ3v) is 7.06. The van der Waals surface area contributed by atoms with Gasteiger partial charge < -0.3 is 0 Å². The van der Waals surface area contributed by atoms with Gasteiger partial charge in [-0.15, -0.1) is 0 Å². The smallest absolute Gasteiger partial charge is 0.0245 e. The average molecular weight is 283 g/mol. The van der Waals surface area contributed by atoms with Crippen LogP contribution in [0, 0.1) is 0 Å². The topological polar surface area (TPSA) is 0 Å². The minimum absolute atomic E-state index is 1.02. The van der Waals surface area contributed by atoms with E-state index in [-0.39, 0.29) is 0 Å². The van der Waals surface area contributed by atoms with Gasteiger partial charge in [0.2, 0.25) is 0 Å². The van der Waals surface area contributed by atoms with Crippen LogP contribution in [0.15, 0.2) is 58.3 Å². The van der Waals surface area contributed by atoms with E-state index in [1.165, 1.54) is 11.1 Å². The van der Waals surface area contributed by atoms with E-state index in [0.29, 0.717) is 0 Å². The van der Waals surface area contributed by atoms with Gasteiger partial charge in [-0.2, -0.15) is 0 Å². The van der Waals surface area contributed by atoms with Crippen LogP contribution in [0.5, 0.6) is 0 Å². The minimum Gasteiger partial charge on any atom is -0.0619 e. The van der Waals surface area contributed by atoms with E-state index in [1.54, 1.807) is 0 Å². The fraction of sp³-hybridized carbons (Fsp3) is 0.143. The van der Waals surface area contributed by atoms with Crippen LogP contribution in [0.4, 0.5) is 0 Å². The summed E-state index contributed by atoms with van der Waals surface area (Å²) in [6.07, 6.45) is 2.03. The van der Waals surface area contributed by atoms with Gasteiger partial charge in [-0.3, -0.25) is 0 Å². The second kappa shape index (κ2) is 4.24. The SMILES string of the molecule is ClS1(Cl)c2ccccc2CCc2ccccc21. The zero-order chi connectivity index (χ0) is 11.9. The molecule has 0 aliphatic carbocycles. The molecule has 88 valence electrons. The number of hydrogen-bond acceptors (Lipinski definition) is 0. The van der Waals surface area contributed by atoms with Crippen LogP contribution in [0.25, 0.3) is 0 Å². The molecule has 1 aliphatic rings. The van der Waals surface area contributed by atoms with E-state index >= 15 is 0 Å². The van der Waals surface area contributed by atoms with Crippen molar-refractivity contribution in [3.8, 4) is 0 Å². The predicted molar refractivity (Wildman–Crippen MR) is 76.1 cm³/mol. The Bertz CT molecular complexity index is 514. The lowest BCUT2D eigenvalue weighted by molar-refractivity contribution is 0.928. The van der Waals surface area contributed by atoms with E-state index in [9.17, 15) is 0 Å². The number of aryl methyl sites for hydroxylation is 2. The first-order valence-corrected chi connectivity index (χ1v) is 8.86. The van der Waals surface area contributed by atoms with Crippen molar-refractivity contribution in [1.29, 1.82) is 0 Å². The Morgan fingerprint density at radius 2 is 1.12 bits per heavy atom. The second-order valence-electron chi connectivity index (χ2n) is 4.18. The number of hydrogen-bond donors (Lipinski definition) is 0. The zero-order valence-electron chi connectivity index (χ0n) is 9.20. The molecular formula is C14H12Cl2S. The fourth-order valence-electron chi connectivity index (χ4n) is 2.31. The van der Waals surface area contributed by atoms with Gasteiger partial charge in [-0.05, 0) is 65.9 Å². The maximum absolute atomic E-state index is 6.69. The van der Waals surface area contributed by atoms with Crippen molar-refractivity contribution >= 4 is 29.8 Å². The second-order valence-corrected chi connectivity index (χ2v) is 9.25. The van der Waals surface area contributed by atoms with Gasteiger partial charge >= 0.3 is 0 Å². The van der Waals surface area contributed by atoms with Crippen LogP contribution in [0.2, 0.25) is 0 Å². The summed E-state index contributed by atoms with van der Waals surface area (Å²) in [6, 6.07) is 16.5. The van der Waals surface area contributed by atoms with E-state index in [4.69, 9.17) is 21.4 Å². The number of benzene rings is 2. The number of rotatable bonds is 0. The van der Waals surface area contributed by atoms with Crippen molar-refractivity contribution < 1.29 is 0 Å². The molecule has 0 N–H and O–H groups in total. The predicted octanol–water partition coefficient (Wildman–Crippen LogP) is 5.32. The molecule has 0 amide bonds. The summed E-state index contributed by atoms with van der Waals surface area (Å²) in [5, 5.41) is 0. The van der Waals surface area contributed by atoms with Crippen LogP contribution in [-0.4, -0.2) is 0 Å². The van der Waals surface area contributed by atoms with Gasteiger partial charge in [0, 0.05) is 9.79 Å². The summed E-state index contributed by atoms with van der Waals surface area (Å²) in [5.74, 6) is 0. The summed E-state index contributed by atoms with van der Waals surface area (Å²) < 4.78 is 0. The first-order chi connectivity index (χ1) is 8.19. The van der Waals surface area contributed by atoms with Crippen LogP contribution >= 0.6 is 29.8 Å². The van der Waals surface area contributed by atoms with Crippen molar-refractivity contribution in [1.82, 2.24) is 0 Å². The highest BCUT2D eigenvalue weighted by atomic mass is 36.0. The molecule has 0 unspecified atom stereocenters. The van der Waals surface area contributed by atoms with E-state index in [0.717, 1.165) is 22.6 Å². The maximum Gasteiger partial charge on any atom is 0.0245 e. The fourth-order valence-corrected chi connectivity index (χ4v) is 5.85. The molecule has 1 heterocycles. The Kier molecular flexibility index (Phi) is 2.86. The molecule has 2 aromatic carbocycles. The molecule has 1 aliphatic heterocycles. The van der Waals surface area contributed by atoms with Crippen LogP contribution in [-0.2, 0) is 12.8 Å². The lowest BCUT2D eigenvalue weighted by Crippen LogP contribution is -1.90. The Balaban J connectivity index is 2.27. The van der Waals surface area contributed by atoms with Crippen molar-refractivity contribution in [2.45, 2.75) is 22.6 Å². The van der Waals surface area contributed by atoms with E-state index < -0.39 is 8.46 Å². The van der Waals surface area contributed by atoms with Crippen molar-refractivity contribution in [2.75, 3.05) is 0 Å². The molecular weight excluding hydrogens is 271 g/mol. The van der Waals surface area contributed by atoms with Crippen LogP contribution in [0.1, 0.15) is 11.1 Å². The first kappa shape index (κ1) is 11.5. The summed E-state index contributed by atoms with van der Waals surface area (Å²) in [7, 11) is 11.5. The van der Waals surface area contributed by atoms with Crippen molar-refractivity contribution in [3.05, 3.63) is 59.7 Å². The highest BCUT2D eigenvalue weighted by Gasteiger charge is 2.30. The Labute approximate surface area is 112 Å². The molecule has 0 bridgehead atoms. The van der Waals surface area contributed by atoms with E-state index in [2.05, 4.69) is 36.4 Å². The van der Waals surface area contributed by atoms with Crippen molar-refractivity contribution in [3.63, 3.8) is 0 Å². The molecule has 17 heavy (non-hydrogen) atoms. The minimum atomic E-state index is -1.89. The quantitative estimate of drug-likeness (QED) is 0.614. The average Bonchev–Trinajstić information content (AvgIpc) is 2.47. The van der Waals surface area contributed by atoms with Gasteiger partial charge in [0.1, 0.15) is 0 Å². The van der Waals surface area contributed by atoms with Gasteiger partial charge in [-0.1, -0.05) is 36.4 Å². The molecule has 0 saturated heterocycles. The monoisotopic (exact) mass is 282 g/mol. The molecule has 0 saturated carbocycles. The van der Waals surface area contributed by atoms with Crippen molar-refractivity contribution in [2.24, 2.45) is 0 Å². The van der Waals surface area contributed by atoms with Gasteiger partial charge in [-0.25, -0.2) is 0 Å². The maximum atomic E-state index is 6.69. The molecule has 3 heteroatoms. The highest BCUT2D eigenvalue weighted by Crippen LogP contribution is 2.73. The van der Waals surface area contributed by atoms with E-state index in [1.807, 2.05) is 12.1 Å². The Morgan fingerprint density at radius 3 is 1.59 bits per heavy atom. The molecule has 0 radical (unpaired) electrons. The van der Waals surface area contributed by atoms with Crippen LogP contribution < -0.4 is 0 Å². The highest BCUT2D eigenvalue weighted by molar-refractivity contribution is 8.66. The molecule has 3 rings (SSSR count). The zero-order valence-corrected chi connectivity index (χ0v) is 11.5. The van der Waals surface area contributed by atoms with Crippen LogP contribution in [0.3, 0.4) is 0 Å². The van der Waals surface area contributed by atoms with Gasteiger partial charge in [0.25, 0.3) is 0 Å². The number of halogens is 2. The molecule has 0 atom stereocenters. The van der Waals surface area contributed by atoms with Gasteiger partial charge in [0.05, 0.1) is 0 Å². The molecule has 0 fully saturated rings. The largest absolute Gasteiger partial charge is 0.0619 e. The summed E-state index contributed by atoms with van der Waals surface area (Å²) >= 11 is 0. The Morgan fingerprint density at radius 1 is 0.706 bits per heavy atom. The Hall–Kier alpha value is -0.630. The molecule has 0 aromatic heterocycles. The standard InChI is InChI=1S/C14H12Cl2S/c15-17(16)13-7-3-1-5-11(13)9-10-12-6-2-4-8-14(12)17/h1-8H,9-10H2. The third-order valence-electron chi connectivity index (χ3n) is 3.16. The molecule has 0 spiro atoms. The molecule has 2 aromatic rings. The lowest BCUT2D eigenvalue weighted by atomic mass is 10.0. The summed E-state index contributed by atoms with van der Waals surface area (Å²) in [5.41, 5.74) is 2.56. The normalized spacial score (nSPS) is 18.7. The lowest BCUT2D eigenvalue weighted by Gasteiger charge is -2.27. The summed E-state index contributed by atoms with van der Waals surface area (Å²) in [6.45, 7) is 0. The molecule has 0 nitrogen and oxygen atoms in total. The third kappa shape index (κ3) is 1.87. The number of fused-ring (bicyclic) bond motifs is 2.